The number of nitrogens with one attached hydrogen (secondary N) is 1. The number of anilines is 1. The summed E-state index contributed by atoms with van der Waals surface area (Å²) in [5.74, 6) is 0.505. The summed E-state index contributed by atoms with van der Waals surface area (Å²) in [6.45, 7) is 1.53. The van der Waals surface area contributed by atoms with E-state index in [0.29, 0.717) is 25.6 Å². The first-order valence-corrected chi connectivity index (χ1v) is 7.64. The van der Waals surface area contributed by atoms with E-state index in [9.17, 15) is 8.42 Å². The number of nitrogen functional groups attached to an aromatic ring is 1. The van der Waals surface area contributed by atoms with E-state index in [2.05, 4.69) is 4.72 Å². The maximum Gasteiger partial charge on any atom is 0.242 e. The lowest BCUT2D eigenvalue weighted by atomic mass is 10.3. The highest BCUT2D eigenvalue weighted by Crippen LogP contribution is 2.23. The lowest BCUT2D eigenvalue weighted by Gasteiger charge is -2.23. The maximum atomic E-state index is 12.2. The van der Waals surface area contributed by atoms with Gasteiger partial charge < -0.3 is 19.9 Å². The van der Waals surface area contributed by atoms with Crippen LogP contribution in [0.1, 0.15) is 0 Å². The van der Waals surface area contributed by atoms with Crippen molar-refractivity contribution in [1.82, 2.24) is 4.72 Å². The molecule has 0 aliphatic carbocycles. The number of sulfonamides is 1. The number of nitrogens with two attached hydrogens (primary N) is 1. The Morgan fingerprint density at radius 2 is 2.25 bits per heavy atom. The molecule has 7 nitrogen and oxygen atoms in total. The minimum Gasteiger partial charge on any atom is -0.497 e. The molecule has 1 aromatic carbocycles. The Balaban J connectivity index is 2.05. The van der Waals surface area contributed by atoms with E-state index in [4.69, 9.17) is 19.9 Å². The maximum absolute atomic E-state index is 12.2. The van der Waals surface area contributed by atoms with Gasteiger partial charge >= 0.3 is 0 Å². The van der Waals surface area contributed by atoms with E-state index in [1.165, 1.54) is 19.2 Å². The molecular weight excluding hydrogens is 284 g/mol. The molecule has 2 rings (SSSR count). The van der Waals surface area contributed by atoms with Gasteiger partial charge in [0.25, 0.3) is 0 Å². The molecule has 1 aliphatic heterocycles. The molecule has 0 spiro atoms. The molecule has 1 heterocycles. The van der Waals surface area contributed by atoms with Gasteiger partial charge in [-0.25, -0.2) is 13.1 Å². The zero-order valence-corrected chi connectivity index (χ0v) is 12.0. The third kappa shape index (κ3) is 3.60. The minimum atomic E-state index is -3.68. The monoisotopic (exact) mass is 302 g/mol. The summed E-state index contributed by atoms with van der Waals surface area (Å²) in [7, 11) is -2.19. The average Bonchev–Trinajstić information content (AvgIpc) is 2.46. The molecular formula is C12H18N2O5S. The van der Waals surface area contributed by atoms with Crippen LogP contribution < -0.4 is 15.2 Å². The van der Waals surface area contributed by atoms with E-state index in [-0.39, 0.29) is 23.2 Å². The van der Waals surface area contributed by atoms with Crippen LogP contribution >= 0.6 is 0 Å². The molecule has 1 atom stereocenters. The fraction of sp³-hybridized carbons (Fsp3) is 0.500. The lowest BCUT2D eigenvalue weighted by Crippen LogP contribution is -2.39. The predicted octanol–water partition coefficient (Wildman–Crippen LogP) is -0.0289. The fourth-order valence-electron chi connectivity index (χ4n) is 1.83. The summed E-state index contributed by atoms with van der Waals surface area (Å²) in [5.41, 5.74) is 5.87. The summed E-state index contributed by atoms with van der Waals surface area (Å²) in [5, 5.41) is 0. The number of hydrogen-bond donors (Lipinski definition) is 2. The van der Waals surface area contributed by atoms with Crippen LogP contribution in [-0.4, -0.2) is 48.0 Å². The predicted molar refractivity (Wildman–Crippen MR) is 73.2 cm³/mol. The molecule has 0 amide bonds. The second kappa shape index (κ2) is 6.40. The molecule has 1 unspecified atom stereocenters. The van der Waals surface area contributed by atoms with Crippen LogP contribution in [0.2, 0.25) is 0 Å². The van der Waals surface area contributed by atoms with Crippen LogP contribution in [0.4, 0.5) is 5.69 Å². The van der Waals surface area contributed by atoms with Gasteiger partial charge in [-0.15, -0.1) is 0 Å². The first-order valence-electron chi connectivity index (χ1n) is 6.15. The molecule has 1 aromatic rings. The van der Waals surface area contributed by atoms with Crippen LogP contribution in [0.15, 0.2) is 23.1 Å². The first-order chi connectivity index (χ1) is 9.53. The Labute approximate surface area is 118 Å². The lowest BCUT2D eigenvalue weighted by molar-refractivity contribution is -0.0846. The van der Waals surface area contributed by atoms with Gasteiger partial charge in [0.15, 0.2) is 0 Å². The third-order valence-electron chi connectivity index (χ3n) is 2.89. The molecule has 0 saturated carbocycles. The first kappa shape index (κ1) is 15.0. The van der Waals surface area contributed by atoms with Crippen molar-refractivity contribution in [2.75, 3.05) is 39.2 Å². The van der Waals surface area contributed by atoms with Crippen molar-refractivity contribution < 1.29 is 22.6 Å². The number of rotatable bonds is 5. The van der Waals surface area contributed by atoms with Crippen molar-refractivity contribution in [3.63, 3.8) is 0 Å². The van der Waals surface area contributed by atoms with Crippen molar-refractivity contribution in [3.8, 4) is 5.75 Å². The number of benzene rings is 1. The Hall–Kier alpha value is -1.35. The molecule has 0 aromatic heterocycles. The standard InChI is InChI=1S/C12H18N2O5S/c1-17-9-2-3-12(11(13)6-9)20(15,16)14-7-10-8-18-4-5-19-10/h2-3,6,10,14H,4-5,7-8,13H2,1H3. The second-order valence-electron chi connectivity index (χ2n) is 4.32. The Morgan fingerprint density at radius 1 is 1.45 bits per heavy atom. The second-order valence-corrected chi connectivity index (χ2v) is 6.06. The topological polar surface area (TPSA) is 99.9 Å². The minimum absolute atomic E-state index is 0.0232. The van der Waals surface area contributed by atoms with E-state index < -0.39 is 10.0 Å². The van der Waals surface area contributed by atoms with Crippen molar-refractivity contribution in [3.05, 3.63) is 18.2 Å². The molecule has 1 fully saturated rings. The normalized spacial score (nSPS) is 19.8. The summed E-state index contributed by atoms with van der Waals surface area (Å²) >= 11 is 0. The molecule has 1 saturated heterocycles. The number of ether oxygens (including phenoxy) is 3. The highest BCUT2D eigenvalue weighted by molar-refractivity contribution is 7.89. The van der Waals surface area contributed by atoms with Gasteiger partial charge in [-0.1, -0.05) is 0 Å². The number of hydrogen-bond acceptors (Lipinski definition) is 6. The largest absolute Gasteiger partial charge is 0.497 e. The van der Waals surface area contributed by atoms with E-state index >= 15 is 0 Å². The number of methoxy groups -OCH3 is 1. The third-order valence-corrected chi connectivity index (χ3v) is 4.39. The molecule has 112 valence electrons. The van der Waals surface area contributed by atoms with Crippen LogP contribution in [0.25, 0.3) is 0 Å². The van der Waals surface area contributed by atoms with Crippen molar-refractivity contribution in [2.24, 2.45) is 0 Å². The van der Waals surface area contributed by atoms with Gasteiger partial charge in [-0.2, -0.15) is 0 Å². The van der Waals surface area contributed by atoms with Gasteiger partial charge in [-0.3, -0.25) is 0 Å². The quantitative estimate of drug-likeness (QED) is 0.741. The van der Waals surface area contributed by atoms with Gasteiger partial charge in [0.2, 0.25) is 10.0 Å². The molecule has 3 N–H and O–H groups in total. The Bertz CT molecular complexity index is 555. The van der Waals surface area contributed by atoms with E-state index in [0.717, 1.165) is 0 Å². The average molecular weight is 302 g/mol. The zero-order chi connectivity index (χ0) is 14.6. The van der Waals surface area contributed by atoms with Gasteiger partial charge in [-0.05, 0) is 12.1 Å². The SMILES string of the molecule is COc1ccc(S(=O)(=O)NCC2COCCO2)c(N)c1. The van der Waals surface area contributed by atoms with Gasteiger partial charge in [0.1, 0.15) is 10.6 Å². The Morgan fingerprint density at radius 3 is 2.85 bits per heavy atom. The molecule has 20 heavy (non-hydrogen) atoms. The zero-order valence-electron chi connectivity index (χ0n) is 11.2. The summed E-state index contributed by atoms with van der Waals surface area (Å²) in [6, 6.07) is 4.43. The van der Waals surface area contributed by atoms with Crippen LogP contribution in [0.3, 0.4) is 0 Å². The fourth-order valence-corrected chi connectivity index (χ4v) is 3.01. The van der Waals surface area contributed by atoms with Crippen molar-refractivity contribution in [2.45, 2.75) is 11.0 Å². The molecule has 1 aliphatic rings. The van der Waals surface area contributed by atoms with Crippen LogP contribution in [-0.2, 0) is 19.5 Å². The van der Waals surface area contributed by atoms with Gasteiger partial charge in [0.05, 0.1) is 38.7 Å². The van der Waals surface area contributed by atoms with Crippen molar-refractivity contribution in [1.29, 1.82) is 0 Å². The van der Waals surface area contributed by atoms with E-state index in [1.807, 2.05) is 0 Å². The smallest absolute Gasteiger partial charge is 0.242 e. The Kier molecular flexibility index (Phi) is 4.81. The van der Waals surface area contributed by atoms with Gasteiger partial charge in [0, 0.05) is 12.6 Å². The van der Waals surface area contributed by atoms with E-state index in [1.54, 1.807) is 6.07 Å². The highest BCUT2D eigenvalue weighted by atomic mass is 32.2. The van der Waals surface area contributed by atoms with Crippen molar-refractivity contribution >= 4 is 15.7 Å². The molecule has 0 bridgehead atoms. The highest BCUT2D eigenvalue weighted by Gasteiger charge is 2.21. The van der Waals surface area contributed by atoms with Crippen LogP contribution in [0, 0.1) is 0 Å². The molecule has 0 radical (unpaired) electrons. The summed E-state index contributed by atoms with van der Waals surface area (Å²) in [4.78, 5) is 0.0232. The molecule has 8 heteroatoms. The summed E-state index contributed by atoms with van der Waals surface area (Å²) in [6.07, 6.45) is -0.280. The summed E-state index contributed by atoms with van der Waals surface area (Å²) < 4.78 is 42.4. The van der Waals surface area contributed by atoms with Crippen LogP contribution in [0.5, 0.6) is 5.75 Å².